The second kappa shape index (κ2) is 10.8. The van der Waals surface area contributed by atoms with Crippen LogP contribution in [0.25, 0.3) is 0 Å². The van der Waals surface area contributed by atoms with Crippen molar-refractivity contribution < 1.29 is 0 Å². The van der Waals surface area contributed by atoms with Crippen molar-refractivity contribution in [1.82, 2.24) is 4.90 Å². The van der Waals surface area contributed by atoms with E-state index in [0.717, 1.165) is 25.8 Å². The molecule has 0 fully saturated rings. The minimum atomic E-state index is 0.468. The van der Waals surface area contributed by atoms with Crippen LogP contribution in [0.4, 0.5) is 0 Å². The first-order chi connectivity index (χ1) is 9.04. The van der Waals surface area contributed by atoms with E-state index >= 15 is 0 Å². The summed E-state index contributed by atoms with van der Waals surface area (Å²) in [6, 6.07) is 0.468. The molecule has 0 rings (SSSR count). The lowest BCUT2D eigenvalue weighted by Gasteiger charge is -2.22. The van der Waals surface area contributed by atoms with Crippen molar-refractivity contribution >= 4 is 0 Å². The minimum absolute atomic E-state index is 0.468. The Labute approximate surface area is 120 Å². The Hall–Kier alpha value is -1.08. The highest BCUT2D eigenvalue weighted by atomic mass is 15.1. The van der Waals surface area contributed by atoms with Gasteiger partial charge in [0.1, 0.15) is 0 Å². The molecular formula is C18H31N. The van der Waals surface area contributed by atoms with Crippen LogP contribution in [0.2, 0.25) is 0 Å². The van der Waals surface area contributed by atoms with Gasteiger partial charge in [0.15, 0.2) is 0 Å². The molecule has 0 aliphatic carbocycles. The lowest BCUT2D eigenvalue weighted by atomic mass is 10.0. The highest BCUT2D eigenvalue weighted by Crippen LogP contribution is 2.11. The smallest absolute Gasteiger partial charge is 0.0250 e. The van der Waals surface area contributed by atoms with Crippen molar-refractivity contribution in [2.24, 2.45) is 5.92 Å². The highest BCUT2D eigenvalue weighted by Gasteiger charge is 2.06. The normalized spacial score (nSPS) is 15.7. The van der Waals surface area contributed by atoms with E-state index in [-0.39, 0.29) is 0 Å². The first kappa shape index (κ1) is 17.9. The molecule has 0 saturated heterocycles. The van der Waals surface area contributed by atoms with Gasteiger partial charge in [0.2, 0.25) is 0 Å². The highest BCUT2D eigenvalue weighted by molar-refractivity contribution is 5.18. The average molecular weight is 261 g/mol. The summed E-state index contributed by atoms with van der Waals surface area (Å²) in [4.78, 5) is 2.34. The Morgan fingerprint density at radius 2 is 1.95 bits per heavy atom. The van der Waals surface area contributed by atoms with Gasteiger partial charge in [-0.3, -0.25) is 4.90 Å². The van der Waals surface area contributed by atoms with Crippen LogP contribution in [-0.4, -0.2) is 24.5 Å². The van der Waals surface area contributed by atoms with Gasteiger partial charge in [-0.25, -0.2) is 0 Å². The molecule has 1 nitrogen and oxygen atoms in total. The van der Waals surface area contributed by atoms with E-state index in [0.29, 0.717) is 12.0 Å². The molecule has 1 heteroatoms. The topological polar surface area (TPSA) is 3.24 Å². The van der Waals surface area contributed by atoms with Gasteiger partial charge >= 0.3 is 0 Å². The van der Waals surface area contributed by atoms with Crippen LogP contribution in [0, 0.1) is 5.92 Å². The second-order valence-electron chi connectivity index (χ2n) is 5.27. The van der Waals surface area contributed by atoms with Gasteiger partial charge in [-0.1, -0.05) is 50.8 Å². The van der Waals surface area contributed by atoms with E-state index in [9.17, 15) is 0 Å². The van der Waals surface area contributed by atoms with E-state index in [1.807, 2.05) is 12.2 Å². The summed E-state index contributed by atoms with van der Waals surface area (Å²) < 4.78 is 0. The number of hydrogen-bond acceptors (Lipinski definition) is 1. The standard InChI is InChI=1S/C18H31N/c1-7-10-13-17(5)19(6)15-18(9-3)14-11-12-16(4)8-2/h8-10,13-14,16-17H,2-3,7,11-12,15H2,1,4-6H3/b13-10-,18-14+. The molecule has 2 atom stereocenters. The van der Waals surface area contributed by atoms with Crippen LogP contribution < -0.4 is 0 Å². The van der Waals surface area contributed by atoms with Crippen LogP contribution in [-0.2, 0) is 0 Å². The summed E-state index contributed by atoms with van der Waals surface area (Å²) >= 11 is 0. The molecule has 0 aromatic carbocycles. The van der Waals surface area contributed by atoms with Crippen molar-refractivity contribution in [2.45, 2.75) is 46.1 Å². The maximum atomic E-state index is 3.92. The number of nitrogens with zero attached hydrogens (tertiary/aromatic N) is 1. The molecule has 19 heavy (non-hydrogen) atoms. The Balaban J connectivity index is 4.30. The number of likely N-dealkylation sites (N-methyl/N-ethyl adjacent to an activating group) is 1. The Morgan fingerprint density at radius 1 is 1.26 bits per heavy atom. The maximum Gasteiger partial charge on any atom is 0.0250 e. The minimum Gasteiger partial charge on any atom is -0.296 e. The quantitative estimate of drug-likeness (QED) is 0.395. The fourth-order valence-corrected chi connectivity index (χ4v) is 1.77. The molecule has 0 saturated carbocycles. The van der Waals surface area contributed by atoms with E-state index < -0.39 is 0 Å². The summed E-state index contributed by atoms with van der Waals surface area (Å²) in [6.45, 7) is 15.3. The van der Waals surface area contributed by atoms with Gasteiger partial charge in [0, 0.05) is 12.6 Å². The molecule has 0 N–H and O–H groups in total. The zero-order valence-electron chi connectivity index (χ0n) is 13.2. The molecule has 2 unspecified atom stereocenters. The van der Waals surface area contributed by atoms with Gasteiger partial charge < -0.3 is 0 Å². The van der Waals surface area contributed by atoms with Crippen molar-refractivity contribution in [3.8, 4) is 0 Å². The van der Waals surface area contributed by atoms with Gasteiger partial charge in [0.25, 0.3) is 0 Å². The second-order valence-corrected chi connectivity index (χ2v) is 5.27. The van der Waals surface area contributed by atoms with E-state index in [1.165, 1.54) is 5.57 Å². The monoisotopic (exact) mass is 261 g/mol. The van der Waals surface area contributed by atoms with Gasteiger partial charge in [-0.05, 0) is 44.7 Å². The predicted octanol–water partition coefficient (Wildman–Crippen LogP) is 4.99. The Bertz CT molecular complexity index is 312. The largest absolute Gasteiger partial charge is 0.296 e. The third-order valence-corrected chi connectivity index (χ3v) is 3.47. The first-order valence-corrected chi connectivity index (χ1v) is 7.36. The molecule has 0 heterocycles. The molecule has 0 aromatic heterocycles. The van der Waals surface area contributed by atoms with Crippen molar-refractivity contribution in [3.05, 3.63) is 49.1 Å². The van der Waals surface area contributed by atoms with Gasteiger partial charge in [-0.15, -0.1) is 6.58 Å². The molecule has 108 valence electrons. The first-order valence-electron chi connectivity index (χ1n) is 7.36. The maximum absolute atomic E-state index is 3.92. The number of allylic oxidation sites excluding steroid dienone is 3. The van der Waals surface area contributed by atoms with Gasteiger partial charge in [0.05, 0.1) is 0 Å². The molecule has 0 bridgehead atoms. The van der Waals surface area contributed by atoms with Crippen LogP contribution in [0.15, 0.2) is 49.1 Å². The average Bonchev–Trinajstić information content (AvgIpc) is 2.42. The van der Waals surface area contributed by atoms with Crippen molar-refractivity contribution in [3.63, 3.8) is 0 Å². The molecule has 0 radical (unpaired) electrons. The summed E-state index contributed by atoms with van der Waals surface area (Å²) in [5.74, 6) is 0.589. The van der Waals surface area contributed by atoms with Crippen molar-refractivity contribution in [1.29, 1.82) is 0 Å². The fourth-order valence-electron chi connectivity index (χ4n) is 1.77. The third kappa shape index (κ3) is 8.61. The zero-order chi connectivity index (χ0) is 14.7. The van der Waals surface area contributed by atoms with Crippen LogP contribution >= 0.6 is 0 Å². The van der Waals surface area contributed by atoms with Gasteiger partial charge in [-0.2, -0.15) is 0 Å². The summed E-state index contributed by atoms with van der Waals surface area (Å²) in [7, 11) is 2.16. The van der Waals surface area contributed by atoms with E-state index in [4.69, 9.17) is 0 Å². The summed E-state index contributed by atoms with van der Waals surface area (Å²) in [6.07, 6.45) is 14.2. The molecule has 0 aromatic rings. The predicted molar refractivity (Wildman–Crippen MR) is 88.4 cm³/mol. The molecule has 0 aliphatic rings. The zero-order valence-corrected chi connectivity index (χ0v) is 13.2. The summed E-state index contributed by atoms with van der Waals surface area (Å²) in [5, 5.41) is 0. The number of hydrogen-bond donors (Lipinski definition) is 0. The SMILES string of the molecule is C=C/C(=C\CCC(C)C=C)CN(C)C(C)/C=C\CC. The molecular weight excluding hydrogens is 230 g/mol. The van der Waals surface area contributed by atoms with Crippen molar-refractivity contribution in [2.75, 3.05) is 13.6 Å². The van der Waals surface area contributed by atoms with Crippen LogP contribution in [0.3, 0.4) is 0 Å². The molecule has 0 spiro atoms. The van der Waals surface area contributed by atoms with Crippen LogP contribution in [0.1, 0.15) is 40.0 Å². The van der Waals surface area contributed by atoms with Crippen LogP contribution in [0.5, 0.6) is 0 Å². The molecule has 0 aliphatic heterocycles. The summed E-state index contributed by atoms with van der Waals surface area (Å²) in [5.41, 5.74) is 1.32. The van der Waals surface area contributed by atoms with E-state index in [2.05, 4.69) is 64.1 Å². The third-order valence-electron chi connectivity index (χ3n) is 3.47. The number of rotatable bonds is 10. The Morgan fingerprint density at radius 3 is 2.47 bits per heavy atom. The lowest BCUT2D eigenvalue weighted by molar-refractivity contribution is 0.323. The van der Waals surface area contributed by atoms with E-state index in [1.54, 1.807) is 0 Å². The Kier molecular flexibility index (Phi) is 10.2. The lowest BCUT2D eigenvalue weighted by Crippen LogP contribution is -2.29. The fraction of sp³-hybridized carbons (Fsp3) is 0.556. The molecule has 0 amide bonds.